The van der Waals surface area contributed by atoms with E-state index in [1.165, 1.54) is 10.6 Å². The third-order valence-corrected chi connectivity index (χ3v) is 3.10. The van der Waals surface area contributed by atoms with E-state index in [-0.39, 0.29) is 0 Å². The second-order valence-corrected chi connectivity index (χ2v) is 4.75. The summed E-state index contributed by atoms with van der Waals surface area (Å²) in [5.74, 6) is 0. The minimum Gasteiger partial charge on any atom is -0.310 e. The largest absolute Gasteiger partial charge is 0.310 e. The Bertz CT molecular complexity index is 248. The molecule has 0 unspecified atom stereocenters. The summed E-state index contributed by atoms with van der Waals surface area (Å²) in [4.78, 5) is 0. The van der Waals surface area contributed by atoms with E-state index < -0.39 is 10.0 Å². The van der Waals surface area contributed by atoms with Crippen LogP contribution >= 0.6 is 0 Å². The molecule has 5 heteroatoms. The summed E-state index contributed by atoms with van der Waals surface area (Å²) < 4.78 is 23.3. The van der Waals surface area contributed by atoms with Gasteiger partial charge in [0.05, 0.1) is 6.26 Å². The van der Waals surface area contributed by atoms with Crippen LogP contribution < -0.4 is 0 Å². The molecule has 0 radical (unpaired) electrons. The van der Waals surface area contributed by atoms with E-state index in [1.54, 1.807) is 0 Å². The molecule has 0 saturated carbocycles. The van der Waals surface area contributed by atoms with E-state index >= 15 is 0 Å². The molecule has 1 aliphatic heterocycles. The molecule has 0 amide bonds. The van der Waals surface area contributed by atoms with Gasteiger partial charge in [0.15, 0.2) is 0 Å². The van der Waals surface area contributed by atoms with Crippen molar-refractivity contribution in [1.29, 1.82) is 5.41 Å². The van der Waals surface area contributed by atoms with Crippen LogP contribution in [0.3, 0.4) is 0 Å². The average Bonchev–Trinajstić information content (AvgIpc) is 1.86. The fourth-order valence-electron chi connectivity index (χ4n) is 1.09. The summed E-state index contributed by atoms with van der Waals surface area (Å²) in [6, 6.07) is 0. The topological polar surface area (TPSA) is 61.2 Å². The lowest BCUT2D eigenvalue weighted by atomic mass is 10.1. The second kappa shape index (κ2) is 2.91. The van der Waals surface area contributed by atoms with Crippen LogP contribution in [0.25, 0.3) is 0 Å². The minimum absolute atomic E-state index is 0.484. The number of hydrogen-bond acceptors (Lipinski definition) is 3. The maximum atomic E-state index is 10.9. The lowest BCUT2D eigenvalue weighted by Gasteiger charge is -2.24. The predicted molar refractivity (Wildman–Crippen MR) is 43.4 cm³/mol. The highest BCUT2D eigenvalue weighted by molar-refractivity contribution is 7.88. The van der Waals surface area contributed by atoms with Gasteiger partial charge in [-0.05, 0) is 12.8 Å². The molecular formula is C6H12N2O2S. The van der Waals surface area contributed by atoms with Gasteiger partial charge in [-0.15, -0.1) is 0 Å². The molecule has 4 nitrogen and oxygen atoms in total. The molecule has 1 fully saturated rings. The first-order valence-electron chi connectivity index (χ1n) is 3.51. The van der Waals surface area contributed by atoms with Gasteiger partial charge in [-0.3, -0.25) is 0 Å². The smallest absolute Gasteiger partial charge is 0.211 e. The van der Waals surface area contributed by atoms with Gasteiger partial charge in [0.2, 0.25) is 10.0 Å². The van der Waals surface area contributed by atoms with Crippen molar-refractivity contribution < 1.29 is 8.42 Å². The van der Waals surface area contributed by atoms with E-state index in [2.05, 4.69) is 0 Å². The lowest BCUT2D eigenvalue weighted by Crippen LogP contribution is -2.37. The minimum atomic E-state index is -3.01. The van der Waals surface area contributed by atoms with Gasteiger partial charge < -0.3 is 5.41 Å². The van der Waals surface area contributed by atoms with Crippen molar-refractivity contribution in [3.05, 3.63) is 0 Å². The van der Waals surface area contributed by atoms with Crippen LogP contribution in [0.5, 0.6) is 0 Å². The third-order valence-electron chi connectivity index (χ3n) is 1.79. The summed E-state index contributed by atoms with van der Waals surface area (Å²) >= 11 is 0. The zero-order chi connectivity index (χ0) is 8.48. The van der Waals surface area contributed by atoms with Gasteiger partial charge in [-0.2, -0.15) is 0 Å². The average molecular weight is 176 g/mol. The molecular weight excluding hydrogens is 164 g/mol. The molecule has 1 heterocycles. The number of nitrogens with zero attached hydrogens (tertiary/aromatic N) is 1. The summed E-state index contributed by atoms with van der Waals surface area (Å²) in [5.41, 5.74) is 0.657. The highest BCUT2D eigenvalue weighted by Crippen LogP contribution is 2.08. The van der Waals surface area contributed by atoms with Gasteiger partial charge in [0.25, 0.3) is 0 Å². The Kier molecular flexibility index (Phi) is 2.29. The zero-order valence-electron chi connectivity index (χ0n) is 6.50. The van der Waals surface area contributed by atoms with Gasteiger partial charge in [-0.1, -0.05) is 0 Å². The van der Waals surface area contributed by atoms with Crippen molar-refractivity contribution in [2.75, 3.05) is 19.3 Å². The van der Waals surface area contributed by atoms with Crippen LogP contribution in [0.2, 0.25) is 0 Å². The van der Waals surface area contributed by atoms with Crippen LogP contribution in [-0.4, -0.2) is 37.8 Å². The second-order valence-electron chi connectivity index (χ2n) is 2.77. The van der Waals surface area contributed by atoms with Crippen molar-refractivity contribution in [2.45, 2.75) is 12.8 Å². The van der Waals surface area contributed by atoms with Crippen molar-refractivity contribution in [3.8, 4) is 0 Å². The highest BCUT2D eigenvalue weighted by Gasteiger charge is 2.20. The van der Waals surface area contributed by atoms with Crippen LogP contribution in [-0.2, 0) is 10.0 Å². The molecule has 0 aromatic heterocycles. The first-order chi connectivity index (χ1) is 5.00. The Morgan fingerprint density at radius 1 is 1.36 bits per heavy atom. The fraction of sp³-hybridized carbons (Fsp3) is 0.833. The van der Waals surface area contributed by atoms with Crippen molar-refractivity contribution in [1.82, 2.24) is 4.31 Å². The van der Waals surface area contributed by atoms with Gasteiger partial charge >= 0.3 is 0 Å². The molecule has 0 aromatic rings. The number of piperidine rings is 1. The zero-order valence-corrected chi connectivity index (χ0v) is 7.32. The SMILES string of the molecule is CS(=O)(=O)N1CCC(=N)CC1. The highest BCUT2D eigenvalue weighted by atomic mass is 32.2. The lowest BCUT2D eigenvalue weighted by molar-refractivity contribution is 0.414. The summed E-state index contributed by atoms with van der Waals surface area (Å²) in [7, 11) is -3.01. The molecule has 64 valence electrons. The van der Waals surface area contributed by atoms with E-state index in [0.717, 1.165) is 0 Å². The molecule has 0 bridgehead atoms. The third kappa shape index (κ3) is 2.27. The summed E-state index contributed by atoms with van der Waals surface area (Å²) in [6.07, 6.45) is 2.39. The first-order valence-corrected chi connectivity index (χ1v) is 5.36. The van der Waals surface area contributed by atoms with Crippen LogP contribution in [0.15, 0.2) is 0 Å². The molecule has 0 spiro atoms. The van der Waals surface area contributed by atoms with Crippen LogP contribution in [0, 0.1) is 5.41 Å². The van der Waals surface area contributed by atoms with Gasteiger partial charge in [0.1, 0.15) is 0 Å². The Morgan fingerprint density at radius 3 is 2.18 bits per heavy atom. The van der Waals surface area contributed by atoms with Crippen molar-refractivity contribution in [2.24, 2.45) is 0 Å². The fourth-order valence-corrected chi connectivity index (χ4v) is 1.93. The van der Waals surface area contributed by atoms with Crippen LogP contribution in [0.4, 0.5) is 0 Å². The first kappa shape index (κ1) is 8.67. The summed E-state index contributed by atoms with van der Waals surface area (Å²) in [5, 5.41) is 7.26. The molecule has 1 rings (SSSR count). The Labute approximate surface area is 66.8 Å². The molecule has 1 aliphatic rings. The number of nitrogens with one attached hydrogen (secondary N) is 1. The normalized spacial score (nSPS) is 22.1. The predicted octanol–water partition coefficient (Wildman–Crippen LogP) is 0.0616. The summed E-state index contributed by atoms with van der Waals surface area (Å²) in [6.45, 7) is 0.968. The van der Waals surface area contributed by atoms with Crippen molar-refractivity contribution >= 4 is 15.7 Å². The Hall–Kier alpha value is -0.420. The van der Waals surface area contributed by atoms with E-state index in [1.807, 2.05) is 0 Å². The standard InChI is InChI=1S/C6H12N2O2S/c1-11(9,10)8-4-2-6(7)3-5-8/h7H,2-5H2,1H3. The van der Waals surface area contributed by atoms with E-state index in [4.69, 9.17) is 5.41 Å². The maximum absolute atomic E-state index is 10.9. The quantitative estimate of drug-likeness (QED) is 0.614. The van der Waals surface area contributed by atoms with Crippen LogP contribution in [0.1, 0.15) is 12.8 Å². The van der Waals surface area contributed by atoms with Gasteiger partial charge in [0, 0.05) is 18.8 Å². The molecule has 11 heavy (non-hydrogen) atoms. The Balaban J connectivity index is 2.60. The molecule has 0 aliphatic carbocycles. The monoisotopic (exact) mass is 176 g/mol. The number of hydrogen-bond donors (Lipinski definition) is 1. The molecule has 1 N–H and O–H groups in total. The molecule has 1 saturated heterocycles. The van der Waals surface area contributed by atoms with E-state index in [9.17, 15) is 8.42 Å². The Morgan fingerprint density at radius 2 is 1.82 bits per heavy atom. The maximum Gasteiger partial charge on any atom is 0.211 e. The molecule has 0 atom stereocenters. The molecule has 0 aromatic carbocycles. The van der Waals surface area contributed by atoms with Crippen molar-refractivity contribution in [3.63, 3.8) is 0 Å². The van der Waals surface area contributed by atoms with Gasteiger partial charge in [-0.25, -0.2) is 12.7 Å². The number of sulfonamides is 1. The van der Waals surface area contributed by atoms with E-state index in [0.29, 0.717) is 31.6 Å². The number of rotatable bonds is 1.